The highest BCUT2D eigenvalue weighted by atomic mass is 16.7. The molecule has 5 aromatic rings. The molecular weight excluding hydrogens is 697 g/mol. The molecule has 12 nitrogen and oxygen atoms in total. The number of rotatable bonds is 7. The summed E-state index contributed by atoms with van der Waals surface area (Å²) in [6, 6.07) is 22.5. The summed E-state index contributed by atoms with van der Waals surface area (Å²) in [6.45, 7) is 7.08. The largest absolute Gasteiger partial charge is 0.508 e. The van der Waals surface area contributed by atoms with Gasteiger partial charge < -0.3 is 33.7 Å². The summed E-state index contributed by atoms with van der Waals surface area (Å²) in [6.07, 6.45) is 3.31. The van der Waals surface area contributed by atoms with Crippen molar-refractivity contribution in [1.29, 1.82) is 0 Å². The van der Waals surface area contributed by atoms with E-state index in [-0.39, 0.29) is 30.4 Å². The van der Waals surface area contributed by atoms with E-state index < -0.39 is 0 Å². The van der Waals surface area contributed by atoms with Crippen molar-refractivity contribution < 1.29 is 28.9 Å². The van der Waals surface area contributed by atoms with Crippen molar-refractivity contribution in [3.05, 3.63) is 113 Å². The molecule has 0 bridgehead atoms. The van der Waals surface area contributed by atoms with Gasteiger partial charge in [0.15, 0.2) is 11.5 Å². The van der Waals surface area contributed by atoms with Gasteiger partial charge in [0.05, 0.1) is 36.2 Å². The van der Waals surface area contributed by atoms with Crippen LogP contribution in [0.1, 0.15) is 43.1 Å². The highest BCUT2D eigenvalue weighted by Gasteiger charge is 2.35. The number of anilines is 3. The molecule has 55 heavy (non-hydrogen) atoms. The average molecular weight is 741 g/mol. The normalized spacial score (nSPS) is 17.6. The highest BCUT2D eigenvalue weighted by Crippen LogP contribution is 2.42. The van der Waals surface area contributed by atoms with Gasteiger partial charge in [-0.3, -0.25) is 19.4 Å². The first-order valence-electron chi connectivity index (χ1n) is 18.8. The molecule has 0 unspecified atom stereocenters. The molecule has 2 aromatic heterocycles. The summed E-state index contributed by atoms with van der Waals surface area (Å²) >= 11 is 0. The number of morpholine rings is 1. The van der Waals surface area contributed by atoms with Gasteiger partial charge in [0.2, 0.25) is 6.79 Å². The first kappa shape index (κ1) is 34.9. The number of pyridine rings is 1. The van der Waals surface area contributed by atoms with E-state index in [4.69, 9.17) is 19.2 Å². The van der Waals surface area contributed by atoms with Crippen molar-refractivity contribution in [3.63, 3.8) is 0 Å². The van der Waals surface area contributed by atoms with Gasteiger partial charge in [-0.15, -0.1) is 0 Å². The zero-order valence-corrected chi connectivity index (χ0v) is 31.3. The first-order valence-corrected chi connectivity index (χ1v) is 18.8. The Balaban J connectivity index is 1.12. The Hall–Kier alpha value is -5.85. The van der Waals surface area contributed by atoms with Crippen molar-refractivity contribution in [2.45, 2.75) is 32.4 Å². The van der Waals surface area contributed by atoms with Crippen molar-refractivity contribution in [3.8, 4) is 28.5 Å². The first-order chi connectivity index (χ1) is 26.7. The Morgan fingerprint density at radius 1 is 0.873 bits per heavy atom. The summed E-state index contributed by atoms with van der Waals surface area (Å²) < 4.78 is 19.3. The third kappa shape index (κ3) is 6.34. The van der Waals surface area contributed by atoms with Gasteiger partial charge in [0, 0.05) is 75.5 Å². The molecule has 6 heterocycles. The number of likely N-dealkylation sites (N-methyl/N-ethyl adjacent to an activating group) is 1. The zero-order chi connectivity index (χ0) is 37.8. The number of fused-ring (bicyclic) bond motifs is 3. The van der Waals surface area contributed by atoms with Crippen molar-refractivity contribution in [2.24, 2.45) is 7.05 Å². The van der Waals surface area contributed by atoms with Crippen LogP contribution in [0.25, 0.3) is 11.3 Å². The van der Waals surface area contributed by atoms with E-state index in [2.05, 4.69) is 28.0 Å². The number of aromatic hydroxyl groups is 1. The molecule has 9 rings (SSSR count). The number of benzene rings is 3. The predicted octanol–water partition coefficient (Wildman–Crippen LogP) is 5.70. The number of nitrogens with zero attached hydrogens (tertiary/aromatic N) is 6. The maximum atomic E-state index is 15.1. The number of hydrogen-bond donors (Lipinski definition) is 1. The lowest BCUT2D eigenvalue weighted by Gasteiger charge is -2.40. The van der Waals surface area contributed by atoms with Crippen LogP contribution in [0.3, 0.4) is 0 Å². The number of hydrogen-bond acceptors (Lipinski definition) is 9. The summed E-state index contributed by atoms with van der Waals surface area (Å²) in [4.78, 5) is 42.9. The van der Waals surface area contributed by atoms with Crippen LogP contribution >= 0.6 is 0 Å². The maximum absolute atomic E-state index is 15.1. The van der Waals surface area contributed by atoms with Crippen LogP contribution in [0.4, 0.5) is 17.2 Å². The van der Waals surface area contributed by atoms with Crippen LogP contribution in [0.5, 0.6) is 17.2 Å². The Morgan fingerprint density at radius 2 is 1.62 bits per heavy atom. The van der Waals surface area contributed by atoms with E-state index in [0.717, 1.165) is 61.7 Å². The average Bonchev–Trinajstić information content (AvgIpc) is 3.91. The monoisotopic (exact) mass is 740 g/mol. The minimum atomic E-state index is -0.259. The second kappa shape index (κ2) is 14.1. The van der Waals surface area contributed by atoms with Gasteiger partial charge in [-0.25, -0.2) is 4.98 Å². The van der Waals surface area contributed by atoms with Crippen LogP contribution < -0.4 is 19.3 Å². The molecule has 0 spiro atoms. The maximum Gasteiger partial charge on any atom is 0.264 e. The van der Waals surface area contributed by atoms with Crippen LogP contribution in [0.15, 0.2) is 79.0 Å². The lowest BCUT2D eigenvalue weighted by atomic mass is 9.92. The third-order valence-corrected chi connectivity index (χ3v) is 11.5. The topological polar surface area (TPSA) is 113 Å². The molecular formula is C43H44N6O6. The molecule has 1 fully saturated rings. The number of ether oxygens (including phenoxy) is 3. The van der Waals surface area contributed by atoms with E-state index >= 15 is 4.79 Å². The summed E-state index contributed by atoms with van der Waals surface area (Å²) in [5.74, 6) is 1.71. The molecule has 12 heteroatoms. The second-order valence-corrected chi connectivity index (χ2v) is 14.8. The Bertz CT molecular complexity index is 2300. The standard InChI is InChI=1S/C43H44N6O6/c1-27-35(43(52)49(31-8-10-34(50)11-9-31)32-19-29-12-13-45(2)41(29)44-23-32)20-38(46(27)3)36-21-39-40(55-26-54-39)22-37(36)42(51)48-24-30-7-5-4-6-28(30)18-33(48)25-47-14-16-53-17-15-47/h4-11,19-23,33,50H,12-18,24-26H2,1-3H3/t33-/m0/s1. The molecule has 4 aliphatic heterocycles. The summed E-state index contributed by atoms with van der Waals surface area (Å²) in [5, 5.41) is 10.1. The third-order valence-electron chi connectivity index (χ3n) is 11.5. The molecule has 4 aliphatic rings. The number of amides is 2. The minimum absolute atomic E-state index is 0.0503. The fraction of sp³-hybridized carbons (Fsp3) is 0.326. The molecule has 0 aliphatic carbocycles. The van der Waals surface area contributed by atoms with Crippen LogP contribution in [-0.4, -0.2) is 95.5 Å². The van der Waals surface area contributed by atoms with E-state index in [9.17, 15) is 9.90 Å². The number of phenolic OH excluding ortho intramolecular Hbond substituents is 1. The lowest BCUT2D eigenvalue weighted by Crippen LogP contribution is -2.52. The second-order valence-electron chi connectivity index (χ2n) is 14.8. The Labute approximate surface area is 320 Å². The van der Waals surface area contributed by atoms with Crippen LogP contribution in [-0.2, 0) is 31.2 Å². The number of carbonyl (C=O) groups is 2. The molecule has 1 atom stereocenters. The predicted molar refractivity (Wildman–Crippen MR) is 209 cm³/mol. The van der Waals surface area contributed by atoms with Gasteiger partial charge in [-0.1, -0.05) is 24.3 Å². The number of carbonyl (C=O) groups excluding carboxylic acids is 2. The molecule has 0 saturated carbocycles. The van der Waals surface area contributed by atoms with E-state index in [0.29, 0.717) is 65.0 Å². The fourth-order valence-corrected chi connectivity index (χ4v) is 8.37. The molecule has 2 amide bonds. The van der Waals surface area contributed by atoms with Crippen molar-refractivity contribution >= 4 is 29.0 Å². The van der Waals surface area contributed by atoms with Gasteiger partial charge in [0.1, 0.15) is 11.6 Å². The fourth-order valence-electron chi connectivity index (χ4n) is 8.37. The lowest BCUT2D eigenvalue weighted by molar-refractivity contribution is 0.0193. The molecule has 1 saturated heterocycles. The Morgan fingerprint density at radius 3 is 2.40 bits per heavy atom. The molecule has 1 N–H and O–H groups in total. The van der Waals surface area contributed by atoms with E-state index in [1.165, 1.54) is 5.56 Å². The highest BCUT2D eigenvalue weighted by molar-refractivity contribution is 6.12. The molecule has 3 aromatic carbocycles. The number of aromatic nitrogens is 2. The van der Waals surface area contributed by atoms with Gasteiger partial charge in [0.25, 0.3) is 11.8 Å². The SMILES string of the molecule is Cc1c(C(=O)N(c2ccc(O)cc2)c2cnc3c(c2)CCN3C)cc(-c2cc3c(cc2C(=O)N2Cc4ccccc4C[C@H]2CN2CCOCC2)OCO3)n1C. The summed E-state index contributed by atoms with van der Waals surface area (Å²) in [7, 11) is 3.93. The van der Waals surface area contributed by atoms with Crippen molar-refractivity contribution in [2.75, 3.05) is 63.0 Å². The van der Waals surface area contributed by atoms with Gasteiger partial charge >= 0.3 is 0 Å². The van der Waals surface area contributed by atoms with Gasteiger partial charge in [-0.2, -0.15) is 0 Å². The van der Waals surface area contributed by atoms with E-state index in [1.807, 2.05) is 54.8 Å². The van der Waals surface area contributed by atoms with Crippen LogP contribution in [0, 0.1) is 6.92 Å². The Kier molecular flexibility index (Phi) is 8.94. The van der Waals surface area contributed by atoms with Crippen molar-refractivity contribution in [1.82, 2.24) is 19.4 Å². The quantitative estimate of drug-likeness (QED) is 0.225. The van der Waals surface area contributed by atoms with Crippen LogP contribution in [0.2, 0.25) is 0 Å². The summed E-state index contributed by atoms with van der Waals surface area (Å²) in [5.41, 5.74) is 7.73. The molecule has 282 valence electrons. The zero-order valence-electron chi connectivity index (χ0n) is 31.3. The minimum Gasteiger partial charge on any atom is -0.508 e. The number of phenols is 1. The van der Waals surface area contributed by atoms with E-state index in [1.54, 1.807) is 41.4 Å². The smallest absolute Gasteiger partial charge is 0.264 e. The molecule has 0 radical (unpaired) electrons. The van der Waals surface area contributed by atoms with Gasteiger partial charge in [-0.05, 0) is 85.0 Å².